The molecular formula is C22H27ClFN3O4S. The van der Waals surface area contributed by atoms with Crippen molar-refractivity contribution in [3.63, 3.8) is 0 Å². The van der Waals surface area contributed by atoms with Crippen LogP contribution in [0.3, 0.4) is 0 Å². The van der Waals surface area contributed by atoms with E-state index in [0.29, 0.717) is 10.7 Å². The second-order valence-electron chi connectivity index (χ2n) is 7.32. The van der Waals surface area contributed by atoms with Gasteiger partial charge in [-0.2, -0.15) is 0 Å². The third-order valence-corrected chi connectivity index (χ3v) is 6.39. The number of likely N-dealkylation sites (N-methyl/N-ethyl adjacent to an activating group) is 1. The number of hydrogen-bond acceptors (Lipinski definition) is 4. The zero-order valence-corrected chi connectivity index (χ0v) is 19.8. The highest BCUT2D eigenvalue weighted by molar-refractivity contribution is 7.92. The summed E-state index contributed by atoms with van der Waals surface area (Å²) in [6.07, 6.45) is 1.25. The van der Waals surface area contributed by atoms with Gasteiger partial charge in [-0.05, 0) is 37.6 Å². The average Bonchev–Trinajstić information content (AvgIpc) is 2.74. The minimum absolute atomic E-state index is 0.0254. The summed E-state index contributed by atoms with van der Waals surface area (Å²) in [6.45, 7) is 1.53. The Kier molecular flexibility index (Phi) is 9.03. The minimum Gasteiger partial charge on any atom is -0.357 e. The largest absolute Gasteiger partial charge is 0.357 e. The first-order valence-electron chi connectivity index (χ1n) is 10.0. The highest BCUT2D eigenvalue weighted by atomic mass is 35.5. The second kappa shape index (κ2) is 11.3. The van der Waals surface area contributed by atoms with Gasteiger partial charge in [-0.15, -0.1) is 0 Å². The first kappa shape index (κ1) is 25.6. The van der Waals surface area contributed by atoms with Crippen LogP contribution in [0.5, 0.6) is 0 Å². The van der Waals surface area contributed by atoms with Crippen LogP contribution in [0, 0.1) is 5.82 Å². The molecule has 2 amide bonds. The summed E-state index contributed by atoms with van der Waals surface area (Å²) in [4.78, 5) is 26.4. The number of rotatable bonds is 10. The Morgan fingerprint density at radius 3 is 2.44 bits per heavy atom. The molecule has 0 radical (unpaired) electrons. The molecule has 0 saturated heterocycles. The fourth-order valence-electron chi connectivity index (χ4n) is 3.24. The summed E-state index contributed by atoms with van der Waals surface area (Å²) < 4.78 is 39.8. The van der Waals surface area contributed by atoms with E-state index < -0.39 is 21.9 Å². The van der Waals surface area contributed by atoms with Crippen molar-refractivity contribution < 1.29 is 22.4 Å². The molecule has 2 rings (SSSR count). The lowest BCUT2D eigenvalue weighted by Gasteiger charge is -2.29. The van der Waals surface area contributed by atoms with Crippen LogP contribution in [-0.4, -0.2) is 51.0 Å². The first-order chi connectivity index (χ1) is 15.0. The summed E-state index contributed by atoms with van der Waals surface area (Å²) >= 11 is 5.98. The van der Waals surface area contributed by atoms with E-state index in [4.69, 9.17) is 11.6 Å². The van der Waals surface area contributed by atoms with Crippen molar-refractivity contribution in [2.75, 3.05) is 24.2 Å². The molecule has 2 aromatic rings. The van der Waals surface area contributed by atoms with Crippen molar-refractivity contribution in [3.05, 3.63) is 64.9 Å². The van der Waals surface area contributed by atoms with Crippen LogP contribution in [0.1, 0.15) is 25.3 Å². The Balaban J connectivity index is 2.15. The van der Waals surface area contributed by atoms with Gasteiger partial charge in [0, 0.05) is 37.1 Å². The molecule has 0 aliphatic heterocycles. The number of carbonyl (C=O) groups excluding carboxylic acids is 2. The number of amides is 2. The van der Waals surface area contributed by atoms with Crippen LogP contribution in [0.25, 0.3) is 0 Å². The monoisotopic (exact) mass is 483 g/mol. The fraction of sp³-hybridized carbons (Fsp3) is 0.364. The molecular weight excluding hydrogens is 457 g/mol. The lowest BCUT2D eigenvalue weighted by Crippen LogP contribution is -2.47. The van der Waals surface area contributed by atoms with Gasteiger partial charge in [-0.3, -0.25) is 13.9 Å². The van der Waals surface area contributed by atoms with Crippen molar-refractivity contribution in [3.8, 4) is 0 Å². The number of nitrogens with one attached hydrogen (secondary N) is 1. The van der Waals surface area contributed by atoms with Gasteiger partial charge in [0.2, 0.25) is 21.8 Å². The number of anilines is 1. The molecule has 2 aromatic carbocycles. The number of sulfonamides is 1. The van der Waals surface area contributed by atoms with Crippen LogP contribution in [-0.2, 0) is 26.2 Å². The standard InChI is InChI=1S/C22H27ClFN3O4S/c1-16(22(29)25-2)26(15-17-8-4-5-11-20(17)24)21(28)12-7-13-27(32(3,30)31)19-10-6-9-18(23)14-19/h4-6,8-11,14,16H,7,12-13,15H2,1-3H3,(H,25,29)/t16-/m1/s1. The predicted molar refractivity (Wildman–Crippen MR) is 123 cm³/mol. The Labute approximate surface area is 193 Å². The predicted octanol–water partition coefficient (Wildman–Crippen LogP) is 3.19. The topological polar surface area (TPSA) is 86.8 Å². The SMILES string of the molecule is CNC(=O)[C@@H](C)N(Cc1ccccc1F)C(=O)CCCN(c1cccc(Cl)c1)S(C)(=O)=O. The fourth-order valence-corrected chi connectivity index (χ4v) is 4.38. The lowest BCUT2D eigenvalue weighted by atomic mass is 10.1. The van der Waals surface area contributed by atoms with Gasteiger partial charge in [-0.1, -0.05) is 35.9 Å². The van der Waals surface area contributed by atoms with Crippen molar-refractivity contribution >= 4 is 39.1 Å². The zero-order valence-electron chi connectivity index (χ0n) is 18.2. The Bertz CT molecular complexity index is 1060. The van der Waals surface area contributed by atoms with Crippen molar-refractivity contribution in [2.24, 2.45) is 0 Å². The molecule has 174 valence electrons. The number of benzene rings is 2. The molecule has 0 saturated carbocycles. The van der Waals surface area contributed by atoms with Crippen molar-refractivity contribution in [1.82, 2.24) is 10.2 Å². The minimum atomic E-state index is -3.60. The third-order valence-electron chi connectivity index (χ3n) is 4.96. The van der Waals surface area contributed by atoms with Crippen LogP contribution in [0.15, 0.2) is 48.5 Å². The van der Waals surface area contributed by atoms with Crippen LogP contribution < -0.4 is 9.62 Å². The Morgan fingerprint density at radius 1 is 1.16 bits per heavy atom. The highest BCUT2D eigenvalue weighted by Gasteiger charge is 2.26. The molecule has 10 heteroatoms. The van der Waals surface area contributed by atoms with E-state index in [0.717, 1.165) is 6.26 Å². The van der Waals surface area contributed by atoms with E-state index in [1.807, 2.05) is 0 Å². The number of nitrogens with zero attached hydrogens (tertiary/aromatic N) is 2. The summed E-state index contributed by atoms with van der Waals surface area (Å²) in [5.41, 5.74) is 0.683. The maximum Gasteiger partial charge on any atom is 0.242 e. The maximum absolute atomic E-state index is 14.1. The quantitative estimate of drug-likeness (QED) is 0.562. The molecule has 0 spiro atoms. The Hall–Kier alpha value is -2.65. The average molecular weight is 484 g/mol. The molecule has 0 heterocycles. The highest BCUT2D eigenvalue weighted by Crippen LogP contribution is 2.22. The van der Waals surface area contributed by atoms with Crippen LogP contribution in [0.4, 0.5) is 10.1 Å². The molecule has 1 N–H and O–H groups in total. The summed E-state index contributed by atoms with van der Waals surface area (Å²) in [6, 6.07) is 11.6. The molecule has 0 aliphatic rings. The smallest absolute Gasteiger partial charge is 0.242 e. The Morgan fingerprint density at radius 2 is 1.84 bits per heavy atom. The van der Waals surface area contributed by atoms with Gasteiger partial charge in [0.05, 0.1) is 11.9 Å². The number of halogens is 2. The lowest BCUT2D eigenvalue weighted by molar-refractivity contribution is -0.140. The molecule has 0 bridgehead atoms. The molecule has 32 heavy (non-hydrogen) atoms. The van der Waals surface area contributed by atoms with E-state index in [1.54, 1.807) is 43.3 Å². The number of hydrogen-bond donors (Lipinski definition) is 1. The van der Waals surface area contributed by atoms with Crippen LogP contribution >= 0.6 is 11.6 Å². The van der Waals surface area contributed by atoms with E-state index in [9.17, 15) is 22.4 Å². The van der Waals surface area contributed by atoms with E-state index in [2.05, 4.69) is 5.32 Å². The third kappa shape index (κ3) is 6.93. The van der Waals surface area contributed by atoms with Gasteiger partial charge in [0.25, 0.3) is 0 Å². The summed E-state index contributed by atoms with van der Waals surface area (Å²) in [7, 11) is -2.15. The maximum atomic E-state index is 14.1. The van der Waals surface area contributed by atoms with E-state index in [1.165, 1.54) is 28.4 Å². The first-order valence-corrected chi connectivity index (χ1v) is 12.2. The van der Waals surface area contributed by atoms with Gasteiger partial charge < -0.3 is 10.2 Å². The van der Waals surface area contributed by atoms with Gasteiger partial charge in [0.15, 0.2) is 0 Å². The molecule has 0 fully saturated rings. The van der Waals surface area contributed by atoms with Crippen LogP contribution in [0.2, 0.25) is 5.02 Å². The normalized spacial score (nSPS) is 12.2. The summed E-state index contributed by atoms with van der Waals surface area (Å²) in [5, 5.41) is 2.89. The molecule has 0 unspecified atom stereocenters. The molecule has 0 aliphatic carbocycles. The molecule has 0 aromatic heterocycles. The van der Waals surface area contributed by atoms with Crippen molar-refractivity contribution in [2.45, 2.75) is 32.4 Å². The van der Waals surface area contributed by atoms with Crippen molar-refractivity contribution in [1.29, 1.82) is 0 Å². The summed E-state index contributed by atoms with van der Waals surface area (Å²) in [5.74, 6) is -1.24. The van der Waals surface area contributed by atoms with Gasteiger partial charge in [-0.25, -0.2) is 12.8 Å². The van der Waals surface area contributed by atoms with E-state index >= 15 is 0 Å². The second-order valence-corrected chi connectivity index (χ2v) is 9.67. The van der Waals surface area contributed by atoms with E-state index in [-0.39, 0.29) is 43.3 Å². The molecule has 1 atom stereocenters. The van der Waals surface area contributed by atoms with Gasteiger partial charge in [0.1, 0.15) is 11.9 Å². The zero-order chi connectivity index (χ0) is 23.9. The van der Waals surface area contributed by atoms with Gasteiger partial charge >= 0.3 is 0 Å². The molecule has 7 nitrogen and oxygen atoms in total. The number of carbonyl (C=O) groups is 2.